The summed E-state index contributed by atoms with van der Waals surface area (Å²) in [5.41, 5.74) is -0.0996. The fraction of sp³-hybridized carbons (Fsp3) is 0.333. The molecule has 1 aromatic carbocycles. The van der Waals surface area contributed by atoms with Crippen LogP contribution in [0, 0.1) is 5.92 Å². The lowest BCUT2D eigenvalue weighted by Gasteiger charge is -2.09. The average Bonchev–Trinajstić information content (AvgIpc) is 2.27. The highest BCUT2D eigenvalue weighted by molar-refractivity contribution is 6.01. The molecule has 0 spiro atoms. The number of hydrogen-bond acceptors (Lipinski definition) is 2. The topological polar surface area (TPSA) is 46.2 Å². The Hall–Kier alpha value is -1.85. The number of amides is 1. The normalized spacial score (nSPS) is 11.4. The maximum atomic E-state index is 12.1. The molecule has 98 valence electrons. The summed E-state index contributed by atoms with van der Waals surface area (Å²) in [7, 11) is 0. The lowest BCUT2D eigenvalue weighted by atomic mass is 10.1. The SMILES string of the molecule is CC(C)C(=O)Nc1ccc(C(=O)C(F)(F)F)cc1. The molecule has 0 aliphatic carbocycles. The third-order valence-electron chi connectivity index (χ3n) is 2.20. The van der Waals surface area contributed by atoms with Crippen molar-refractivity contribution in [2.45, 2.75) is 20.0 Å². The molecule has 0 saturated heterocycles. The number of alkyl halides is 3. The highest BCUT2D eigenvalue weighted by Crippen LogP contribution is 2.22. The van der Waals surface area contributed by atoms with E-state index in [0.29, 0.717) is 5.69 Å². The molecular formula is C12H12F3NO2. The van der Waals surface area contributed by atoms with Gasteiger partial charge in [0.2, 0.25) is 5.91 Å². The second-order valence-electron chi connectivity index (χ2n) is 4.05. The molecule has 0 fully saturated rings. The van der Waals surface area contributed by atoms with Gasteiger partial charge in [-0.05, 0) is 24.3 Å². The first-order chi connectivity index (χ1) is 8.21. The fourth-order valence-electron chi connectivity index (χ4n) is 1.16. The number of carbonyl (C=O) groups is 2. The minimum atomic E-state index is -4.89. The molecule has 6 heteroatoms. The minimum Gasteiger partial charge on any atom is -0.326 e. The van der Waals surface area contributed by atoms with Crippen LogP contribution in [-0.4, -0.2) is 17.9 Å². The molecule has 3 nitrogen and oxygen atoms in total. The number of Topliss-reactive ketones (excluding diaryl/α,β-unsaturated/α-hetero) is 1. The number of rotatable bonds is 3. The monoisotopic (exact) mass is 259 g/mol. The van der Waals surface area contributed by atoms with E-state index in [-0.39, 0.29) is 11.8 Å². The number of ketones is 1. The quantitative estimate of drug-likeness (QED) is 0.848. The Morgan fingerprint density at radius 2 is 1.61 bits per heavy atom. The molecule has 1 aromatic rings. The van der Waals surface area contributed by atoms with Crippen molar-refractivity contribution in [1.82, 2.24) is 0 Å². The summed E-state index contributed by atoms with van der Waals surface area (Å²) in [4.78, 5) is 22.2. The molecule has 18 heavy (non-hydrogen) atoms. The molecule has 0 aromatic heterocycles. The van der Waals surface area contributed by atoms with Gasteiger partial charge in [0, 0.05) is 17.2 Å². The number of hydrogen-bond donors (Lipinski definition) is 1. The first kappa shape index (κ1) is 14.2. The Kier molecular flexibility index (Phi) is 4.11. The van der Waals surface area contributed by atoms with Gasteiger partial charge in [0.05, 0.1) is 0 Å². The van der Waals surface area contributed by atoms with E-state index in [1.807, 2.05) is 0 Å². The van der Waals surface area contributed by atoms with Gasteiger partial charge in [0.15, 0.2) is 0 Å². The van der Waals surface area contributed by atoms with E-state index < -0.39 is 17.5 Å². The van der Waals surface area contributed by atoms with Gasteiger partial charge in [0.25, 0.3) is 5.78 Å². The fourth-order valence-corrected chi connectivity index (χ4v) is 1.16. The highest BCUT2D eigenvalue weighted by atomic mass is 19.4. The van der Waals surface area contributed by atoms with Gasteiger partial charge in [-0.15, -0.1) is 0 Å². The third kappa shape index (κ3) is 3.58. The maximum absolute atomic E-state index is 12.1. The van der Waals surface area contributed by atoms with E-state index in [2.05, 4.69) is 5.32 Å². The van der Waals surface area contributed by atoms with Gasteiger partial charge in [-0.25, -0.2) is 0 Å². The zero-order chi connectivity index (χ0) is 13.9. The van der Waals surface area contributed by atoms with Crippen LogP contribution in [0.5, 0.6) is 0 Å². The first-order valence-electron chi connectivity index (χ1n) is 5.24. The second-order valence-corrected chi connectivity index (χ2v) is 4.05. The summed E-state index contributed by atoms with van der Waals surface area (Å²) in [6.45, 7) is 3.38. The van der Waals surface area contributed by atoms with Gasteiger partial charge in [-0.3, -0.25) is 9.59 Å². The molecule has 0 atom stereocenters. The number of halogens is 3. The highest BCUT2D eigenvalue weighted by Gasteiger charge is 2.39. The smallest absolute Gasteiger partial charge is 0.326 e. The number of benzene rings is 1. The zero-order valence-corrected chi connectivity index (χ0v) is 9.84. The summed E-state index contributed by atoms with van der Waals surface area (Å²) in [5, 5.41) is 2.51. The standard InChI is InChI=1S/C12H12F3NO2/c1-7(2)11(18)16-9-5-3-8(4-6-9)10(17)12(13,14)15/h3-7H,1-2H3,(H,16,18). The summed E-state index contributed by atoms with van der Waals surface area (Å²) < 4.78 is 36.4. The van der Waals surface area contributed by atoms with E-state index in [4.69, 9.17) is 0 Å². The van der Waals surface area contributed by atoms with Crippen LogP contribution >= 0.6 is 0 Å². The van der Waals surface area contributed by atoms with Crippen molar-refractivity contribution in [2.75, 3.05) is 5.32 Å². The van der Waals surface area contributed by atoms with Crippen LogP contribution in [0.3, 0.4) is 0 Å². The summed E-state index contributed by atoms with van der Waals surface area (Å²) in [5.74, 6) is -2.38. The van der Waals surface area contributed by atoms with Crippen molar-refractivity contribution >= 4 is 17.4 Å². The molecule has 1 amide bonds. The summed E-state index contributed by atoms with van der Waals surface area (Å²) in [6, 6.07) is 4.59. The molecule has 0 heterocycles. The van der Waals surface area contributed by atoms with Gasteiger partial charge >= 0.3 is 6.18 Å². The van der Waals surface area contributed by atoms with Crippen LogP contribution in [0.25, 0.3) is 0 Å². The maximum Gasteiger partial charge on any atom is 0.454 e. The van der Waals surface area contributed by atoms with Gasteiger partial charge in [0.1, 0.15) is 0 Å². The van der Waals surface area contributed by atoms with Crippen molar-refractivity contribution < 1.29 is 22.8 Å². The molecule has 1 rings (SSSR count). The van der Waals surface area contributed by atoms with Crippen LogP contribution in [0.4, 0.5) is 18.9 Å². The molecular weight excluding hydrogens is 247 g/mol. The number of nitrogens with one attached hydrogen (secondary N) is 1. The van der Waals surface area contributed by atoms with Crippen LogP contribution in [0.2, 0.25) is 0 Å². The van der Waals surface area contributed by atoms with Crippen LogP contribution in [0.1, 0.15) is 24.2 Å². The third-order valence-corrected chi connectivity index (χ3v) is 2.20. The minimum absolute atomic E-state index is 0.235. The summed E-state index contributed by atoms with van der Waals surface area (Å²) in [6.07, 6.45) is -4.89. The van der Waals surface area contributed by atoms with Gasteiger partial charge < -0.3 is 5.32 Å². The molecule has 0 radical (unpaired) electrons. The molecule has 0 saturated carbocycles. The Labute approximate surface area is 102 Å². The Bertz CT molecular complexity index is 449. The van der Waals surface area contributed by atoms with Crippen LogP contribution in [0.15, 0.2) is 24.3 Å². The zero-order valence-electron chi connectivity index (χ0n) is 9.84. The van der Waals surface area contributed by atoms with Gasteiger partial charge in [-0.2, -0.15) is 13.2 Å². The van der Waals surface area contributed by atoms with Crippen LogP contribution in [-0.2, 0) is 4.79 Å². The lowest BCUT2D eigenvalue weighted by Crippen LogP contribution is -2.22. The number of carbonyl (C=O) groups excluding carboxylic acids is 2. The van der Waals surface area contributed by atoms with Crippen LogP contribution < -0.4 is 5.32 Å². The second kappa shape index (κ2) is 5.20. The number of anilines is 1. The van der Waals surface area contributed by atoms with Crippen molar-refractivity contribution in [3.8, 4) is 0 Å². The summed E-state index contributed by atoms with van der Waals surface area (Å²) >= 11 is 0. The van der Waals surface area contributed by atoms with E-state index in [1.54, 1.807) is 13.8 Å². The van der Waals surface area contributed by atoms with Gasteiger partial charge in [-0.1, -0.05) is 13.8 Å². The molecule has 0 bridgehead atoms. The van der Waals surface area contributed by atoms with E-state index >= 15 is 0 Å². The van der Waals surface area contributed by atoms with E-state index in [9.17, 15) is 22.8 Å². The van der Waals surface area contributed by atoms with E-state index in [1.165, 1.54) is 12.1 Å². The molecule has 1 N–H and O–H groups in total. The van der Waals surface area contributed by atoms with Crippen molar-refractivity contribution in [3.05, 3.63) is 29.8 Å². The molecule has 0 aliphatic heterocycles. The van der Waals surface area contributed by atoms with Crippen molar-refractivity contribution in [2.24, 2.45) is 5.92 Å². The first-order valence-corrected chi connectivity index (χ1v) is 5.24. The average molecular weight is 259 g/mol. The predicted octanol–water partition coefficient (Wildman–Crippen LogP) is 3.03. The van der Waals surface area contributed by atoms with Crippen molar-refractivity contribution in [1.29, 1.82) is 0 Å². The van der Waals surface area contributed by atoms with Crippen molar-refractivity contribution in [3.63, 3.8) is 0 Å². The Balaban J connectivity index is 2.81. The Morgan fingerprint density at radius 1 is 1.11 bits per heavy atom. The lowest BCUT2D eigenvalue weighted by molar-refractivity contribution is -0.118. The Morgan fingerprint density at radius 3 is 2.00 bits per heavy atom. The predicted molar refractivity (Wildman–Crippen MR) is 60.3 cm³/mol. The molecule has 0 aliphatic rings. The van der Waals surface area contributed by atoms with E-state index in [0.717, 1.165) is 12.1 Å². The largest absolute Gasteiger partial charge is 0.454 e. The molecule has 0 unspecified atom stereocenters.